The molecule has 7 heteroatoms. The van der Waals surface area contributed by atoms with Gasteiger partial charge in [-0.05, 0) is 13.3 Å². The topological polar surface area (TPSA) is 89.0 Å². The summed E-state index contributed by atoms with van der Waals surface area (Å²) < 4.78 is 24.2. The highest BCUT2D eigenvalue weighted by molar-refractivity contribution is 7.90. The van der Waals surface area contributed by atoms with E-state index in [0.29, 0.717) is 6.42 Å². The fourth-order valence-corrected chi connectivity index (χ4v) is 2.78. The summed E-state index contributed by atoms with van der Waals surface area (Å²) in [5, 5.41) is -0.192. The Kier molecular flexibility index (Phi) is 3.37. The van der Waals surface area contributed by atoms with Gasteiger partial charge >= 0.3 is 5.69 Å². The first kappa shape index (κ1) is 12.7. The zero-order valence-corrected chi connectivity index (χ0v) is 10.2. The molecule has 0 bridgehead atoms. The molecule has 1 heterocycles. The van der Waals surface area contributed by atoms with Gasteiger partial charge in [0.2, 0.25) is 0 Å². The van der Waals surface area contributed by atoms with Gasteiger partial charge in [-0.1, -0.05) is 6.92 Å². The monoisotopic (exact) mass is 246 g/mol. The minimum Gasteiger partial charge on any atom is -0.284 e. The Morgan fingerprint density at radius 2 is 1.88 bits per heavy atom. The lowest BCUT2D eigenvalue weighted by atomic mass is 10.3. The van der Waals surface area contributed by atoms with Gasteiger partial charge < -0.3 is 0 Å². The summed E-state index contributed by atoms with van der Waals surface area (Å²) in [5.41, 5.74) is -1.29. The highest BCUT2D eigenvalue weighted by atomic mass is 32.2. The second-order valence-corrected chi connectivity index (χ2v) is 5.54. The van der Waals surface area contributed by atoms with Crippen LogP contribution in [0.2, 0.25) is 0 Å². The lowest BCUT2D eigenvalue weighted by molar-refractivity contribution is 0.540. The highest BCUT2D eigenvalue weighted by Crippen LogP contribution is 2.09. The molecular weight excluding hydrogens is 232 g/mol. The molecule has 0 aromatic carbocycles. The molecule has 0 aliphatic carbocycles. The second-order valence-electron chi connectivity index (χ2n) is 3.61. The fraction of sp³-hybridized carbons (Fsp3) is 0.556. The van der Waals surface area contributed by atoms with E-state index in [1.807, 2.05) is 6.92 Å². The van der Waals surface area contributed by atoms with E-state index in [1.165, 1.54) is 6.92 Å². The maximum absolute atomic E-state index is 11.5. The smallest absolute Gasteiger partial charge is 0.284 e. The summed E-state index contributed by atoms with van der Waals surface area (Å²) in [7, 11) is -3.59. The standard InChI is InChI=1S/C9H14N2O4S/c1-4-5-11-8(16(3,14)15)6(2)7(12)10-9(11)13/h4-5H2,1-3H3,(H,10,12,13). The molecule has 0 fully saturated rings. The number of aromatic nitrogens is 2. The number of nitrogens with one attached hydrogen (secondary N) is 1. The molecular formula is C9H14N2O4S. The summed E-state index contributed by atoms with van der Waals surface area (Å²) in [4.78, 5) is 24.9. The predicted molar refractivity (Wildman–Crippen MR) is 59.5 cm³/mol. The van der Waals surface area contributed by atoms with E-state index in [4.69, 9.17) is 0 Å². The lowest BCUT2D eigenvalue weighted by Crippen LogP contribution is -2.35. The number of hydrogen-bond acceptors (Lipinski definition) is 4. The molecule has 90 valence electrons. The van der Waals surface area contributed by atoms with Crippen molar-refractivity contribution in [2.45, 2.75) is 31.8 Å². The average Bonchev–Trinajstić information content (AvgIpc) is 2.12. The molecule has 1 rings (SSSR count). The van der Waals surface area contributed by atoms with Crippen molar-refractivity contribution in [2.24, 2.45) is 0 Å². The van der Waals surface area contributed by atoms with Crippen LogP contribution in [0.25, 0.3) is 0 Å². The lowest BCUT2D eigenvalue weighted by Gasteiger charge is -2.11. The predicted octanol–water partition coefficient (Wildman–Crippen LogP) is -0.341. The SMILES string of the molecule is CCCn1c(S(C)(=O)=O)c(C)c(=O)[nH]c1=O. The van der Waals surface area contributed by atoms with Crippen LogP contribution in [0, 0.1) is 6.92 Å². The third kappa shape index (κ3) is 2.24. The van der Waals surface area contributed by atoms with Gasteiger partial charge in [0.25, 0.3) is 5.56 Å². The quantitative estimate of drug-likeness (QED) is 0.739. The van der Waals surface area contributed by atoms with Crippen LogP contribution in [-0.2, 0) is 16.4 Å². The first-order valence-corrected chi connectivity index (χ1v) is 6.72. The van der Waals surface area contributed by atoms with E-state index < -0.39 is 21.1 Å². The van der Waals surface area contributed by atoms with Crippen LogP contribution in [0.15, 0.2) is 14.6 Å². The van der Waals surface area contributed by atoms with Gasteiger partial charge in [-0.25, -0.2) is 13.2 Å². The van der Waals surface area contributed by atoms with Crippen LogP contribution in [-0.4, -0.2) is 24.2 Å². The highest BCUT2D eigenvalue weighted by Gasteiger charge is 2.19. The van der Waals surface area contributed by atoms with Crippen LogP contribution >= 0.6 is 0 Å². The third-order valence-electron chi connectivity index (χ3n) is 2.17. The average molecular weight is 246 g/mol. The zero-order valence-electron chi connectivity index (χ0n) is 9.40. The molecule has 0 saturated carbocycles. The van der Waals surface area contributed by atoms with Crippen LogP contribution in [0.5, 0.6) is 0 Å². The minimum atomic E-state index is -3.59. The van der Waals surface area contributed by atoms with Crippen molar-refractivity contribution in [1.82, 2.24) is 9.55 Å². The Morgan fingerprint density at radius 1 is 1.31 bits per heavy atom. The Bertz CT molecular complexity index is 609. The molecule has 0 radical (unpaired) electrons. The molecule has 0 aliphatic heterocycles. The molecule has 1 aromatic rings. The van der Waals surface area contributed by atoms with Gasteiger partial charge in [0.15, 0.2) is 9.84 Å². The zero-order chi connectivity index (χ0) is 12.5. The van der Waals surface area contributed by atoms with Crippen molar-refractivity contribution in [1.29, 1.82) is 0 Å². The first-order valence-electron chi connectivity index (χ1n) is 4.82. The molecule has 0 amide bonds. The molecule has 0 unspecified atom stereocenters. The molecule has 0 saturated heterocycles. The number of nitrogens with zero attached hydrogens (tertiary/aromatic N) is 1. The summed E-state index contributed by atoms with van der Waals surface area (Å²) in [6.07, 6.45) is 1.59. The second kappa shape index (κ2) is 4.25. The van der Waals surface area contributed by atoms with E-state index in [-0.39, 0.29) is 17.1 Å². The number of rotatable bonds is 3. The van der Waals surface area contributed by atoms with Crippen molar-refractivity contribution in [2.75, 3.05) is 6.26 Å². The van der Waals surface area contributed by atoms with Crippen molar-refractivity contribution in [3.8, 4) is 0 Å². The largest absolute Gasteiger partial charge is 0.329 e. The Hall–Kier alpha value is -1.37. The van der Waals surface area contributed by atoms with E-state index in [9.17, 15) is 18.0 Å². The summed E-state index contributed by atoms with van der Waals surface area (Å²) in [5.74, 6) is 0. The van der Waals surface area contributed by atoms with E-state index >= 15 is 0 Å². The van der Waals surface area contributed by atoms with Gasteiger partial charge in [-0.2, -0.15) is 0 Å². The van der Waals surface area contributed by atoms with E-state index in [2.05, 4.69) is 4.98 Å². The molecule has 1 aromatic heterocycles. The molecule has 16 heavy (non-hydrogen) atoms. The summed E-state index contributed by atoms with van der Waals surface area (Å²) in [6.45, 7) is 3.47. The maximum Gasteiger partial charge on any atom is 0.329 e. The molecule has 1 N–H and O–H groups in total. The Labute approximate surface area is 92.9 Å². The van der Waals surface area contributed by atoms with Crippen molar-refractivity contribution >= 4 is 9.84 Å². The number of aromatic amines is 1. The van der Waals surface area contributed by atoms with Crippen LogP contribution in [0.1, 0.15) is 18.9 Å². The van der Waals surface area contributed by atoms with Gasteiger partial charge in [0, 0.05) is 18.4 Å². The number of hydrogen-bond donors (Lipinski definition) is 1. The molecule has 0 spiro atoms. The van der Waals surface area contributed by atoms with Gasteiger partial charge in [-0.3, -0.25) is 14.3 Å². The van der Waals surface area contributed by atoms with E-state index in [1.54, 1.807) is 0 Å². The van der Waals surface area contributed by atoms with Crippen LogP contribution in [0.4, 0.5) is 0 Å². The third-order valence-corrected chi connectivity index (χ3v) is 3.40. The first-order chi connectivity index (χ1) is 7.29. The van der Waals surface area contributed by atoms with Gasteiger partial charge in [0.05, 0.1) is 0 Å². The Morgan fingerprint density at radius 3 is 2.31 bits per heavy atom. The van der Waals surface area contributed by atoms with Crippen molar-refractivity contribution in [3.05, 3.63) is 26.4 Å². The summed E-state index contributed by atoms with van der Waals surface area (Å²) in [6, 6.07) is 0. The van der Waals surface area contributed by atoms with Gasteiger partial charge in [0.1, 0.15) is 5.03 Å². The number of H-pyrrole nitrogens is 1. The van der Waals surface area contributed by atoms with E-state index in [0.717, 1.165) is 10.8 Å². The van der Waals surface area contributed by atoms with Crippen molar-refractivity contribution < 1.29 is 8.42 Å². The fourth-order valence-electron chi connectivity index (χ4n) is 1.56. The normalized spacial score (nSPS) is 11.7. The number of sulfone groups is 1. The Balaban J connectivity index is 3.80. The maximum atomic E-state index is 11.5. The molecule has 0 atom stereocenters. The minimum absolute atomic E-state index is 0.0514. The van der Waals surface area contributed by atoms with Crippen LogP contribution < -0.4 is 11.2 Å². The van der Waals surface area contributed by atoms with Gasteiger partial charge in [-0.15, -0.1) is 0 Å². The van der Waals surface area contributed by atoms with Crippen molar-refractivity contribution in [3.63, 3.8) is 0 Å². The molecule has 0 aliphatic rings. The molecule has 6 nitrogen and oxygen atoms in total. The summed E-state index contributed by atoms with van der Waals surface area (Å²) >= 11 is 0. The van der Waals surface area contributed by atoms with Crippen LogP contribution in [0.3, 0.4) is 0 Å².